The topological polar surface area (TPSA) is 83.6 Å². The maximum Gasteiger partial charge on any atom is 0.255 e. The standard InChI is InChI=1S/C21H26N2O4/c1-2-3-4-7-15(24)10-9-14-6-5-8-16-17(14)13-23(21(16)27)18-11-12-19(25)22-20(18)26/h5-6,8,18H,2-4,7,9-13H2,1H3,(H,22,25,26). The molecule has 1 saturated heterocycles. The molecule has 0 bridgehead atoms. The Balaban J connectivity index is 1.67. The number of hydrogen-bond donors (Lipinski definition) is 1. The molecule has 1 unspecified atom stereocenters. The highest BCUT2D eigenvalue weighted by molar-refractivity contribution is 6.05. The van der Waals surface area contributed by atoms with Crippen molar-refractivity contribution in [3.05, 3.63) is 34.9 Å². The lowest BCUT2D eigenvalue weighted by atomic mass is 9.97. The van der Waals surface area contributed by atoms with Gasteiger partial charge in [0.2, 0.25) is 11.8 Å². The van der Waals surface area contributed by atoms with Crippen molar-refractivity contribution in [3.63, 3.8) is 0 Å². The number of carbonyl (C=O) groups excluding carboxylic acids is 4. The molecule has 0 aliphatic carbocycles. The van der Waals surface area contributed by atoms with Gasteiger partial charge in [-0.1, -0.05) is 31.9 Å². The molecule has 0 aromatic heterocycles. The number of carbonyl (C=O) groups is 4. The second-order valence-corrected chi connectivity index (χ2v) is 7.34. The van der Waals surface area contributed by atoms with E-state index in [-0.39, 0.29) is 24.0 Å². The number of nitrogens with one attached hydrogen (secondary N) is 1. The molecule has 0 spiro atoms. The van der Waals surface area contributed by atoms with Gasteiger partial charge in [-0.3, -0.25) is 24.5 Å². The van der Waals surface area contributed by atoms with Crippen LogP contribution >= 0.6 is 0 Å². The summed E-state index contributed by atoms with van der Waals surface area (Å²) in [5.41, 5.74) is 2.52. The van der Waals surface area contributed by atoms with Crippen molar-refractivity contribution < 1.29 is 19.2 Å². The third kappa shape index (κ3) is 4.26. The van der Waals surface area contributed by atoms with Gasteiger partial charge in [0.25, 0.3) is 5.91 Å². The number of hydrogen-bond acceptors (Lipinski definition) is 4. The number of fused-ring (bicyclic) bond motifs is 1. The molecule has 1 N–H and O–H groups in total. The number of ketones is 1. The summed E-state index contributed by atoms with van der Waals surface area (Å²) >= 11 is 0. The number of imide groups is 1. The Hall–Kier alpha value is -2.50. The predicted octanol–water partition coefficient (Wildman–Crippen LogP) is 2.53. The highest BCUT2D eigenvalue weighted by atomic mass is 16.2. The number of rotatable bonds is 8. The lowest BCUT2D eigenvalue weighted by molar-refractivity contribution is -0.137. The van der Waals surface area contributed by atoms with E-state index in [0.29, 0.717) is 37.8 Å². The maximum absolute atomic E-state index is 12.8. The molecular weight excluding hydrogens is 344 g/mol. The minimum absolute atomic E-state index is 0.171. The largest absolute Gasteiger partial charge is 0.322 e. The molecule has 2 aliphatic heterocycles. The van der Waals surface area contributed by atoms with Crippen LogP contribution < -0.4 is 5.32 Å². The number of Topliss-reactive ketones (excluding diaryl/α,β-unsaturated/α-hetero) is 1. The van der Waals surface area contributed by atoms with E-state index in [2.05, 4.69) is 12.2 Å². The first-order valence-corrected chi connectivity index (χ1v) is 9.78. The summed E-state index contributed by atoms with van der Waals surface area (Å²) in [7, 11) is 0. The molecule has 1 atom stereocenters. The molecular formula is C21H26N2O4. The summed E-state index contributed by atoms with van der Waals surface area (Å²) in [6, 6.07) is 4.96. The zero-order valence-electron chi connectivity index (χ0n) is 15.8. The number of nitrogens with zero attached hydrogens (tertiary/aromatic N) is 1. The number of piperidine rings is 1. The van der Waals surface area contributed by atoms with Gasteiger partial charge in [-0.05, 0) is 36.5 Å². The first-order valence-electron chi connectivity index (χ1n) is 9.78. The summed E-state index contributed by atoms with van der Waals surface area (Å²) in [5.74, 6) is -0.606. The average molecular weight is 370 g/mol. The van der Waals surface area contributed by atoms with E-state index in [1.165, 1.54) is 0 Å². The molecule has 0 radical (unpaired) electrons. The summed E-state index contributed by atoms with van der Waals surface area (Å²) < 4.78 is 0. The number of benzene rings is 1. The van der Waals surface area contributed by atoms with Crippen LogP contribution in [0.2, 0.25) is 0 Å². The molecule has 3 amide bonds. The molecule has 1 aromatic rings. The molecule has 3 rings (SSSR count). The fourth-order valence-electron chi connectivity index (χ4n) is 3.86. The highest BCUT2D eigenvalue weighted by Gasteiger charge is 2.39. The van der Waals surface area contributed by atoms with Crippen LogP contribution in [0.25, 0.3) is 0 Å². The van der Waals surface area contributed by atoms with Crippen LogP contribution in [0.4, 0.5) is 0 Å². The van der Waals surface area contributed by atoms with E-state index in [9.17, 15) is 19.2 Å². The molecule has 2 heterocycles. The van der Waals surface area contributed by atoms with Crippen LogP contribution in [-0.2, 0) is 27.3 Å². The number of amides is 3. The Kier molecular flexibility index (Phi) is 6.04. The molecule has 27 heavy (non-hydrogen) atoms. The summed E-state index contributed by atoms with van der Waals surface area (Å²) in [6.45, 7) is 2.48. The third-order valence-electron chi connectivity index (χ3n) is 5.41. The molecule has 1 fully saturated rings. The van der Waals surface area contributed by atoms with Crippen LogP contribution in [0.3, 0.4) is 0 Å². The van der Waals surface area contributed by atoms with Crippen LogP contribution in [0.1, 0.15) is 73.4 Å². The van der Waals surface area contributed by atoms with Crippen molar-refractivity contribution in [2.75, 3.05) is 0 Å². The van der Waals surface area contributed by atoms with Gasteiger partial charge >= 0.3 is 0 Å². The summed E-state index contributed by atoms with van der Waals surface area (Å²) in [4.78, 5) is 49.9. The molecule has 0 saturated carbocycles. The Labute approximate surface area is 159 Å². The Morgan fingerprint density at radius 3 is 2.74 bits per heavy atom. The first kappa shape index (κ1) is 19.3. The SMILES string of the molecule is CCCCCC(=O)CCc1cccc2c1CN(C1CCC(=O)NC1=O)C2=O. The first-order chi connectivity index (χ1) is 13.0. The Morgan fingerprint density at radius 2 is 2.00 bits per heavy atom. The Bertz CT molecular complexity index is 771. The van der Waals surface area contributed by atoms with E-state index in [4.69, 9.17) is 0 Å². The van der Waals surface area contributed by atoms with Crippen molar-refractivity contribution >= 4 is 23.5 Å². The monoisotopic (exact) mass is 370 g/mol. The van der Waals surface area contributed by atoms with E-state index >= 15 is 0 Å². The zero-order valence-corrected chi connectivity index (χ0v) is 15.8. The molecule has 2 aliphatic rings. The van der Waals surface area contributed by atoms with Crippen molar-refractivity contribution in [1.29, 1.82) is 0 Å². The van der Waals surface area contributed by atoms with Crippen LogP contribution in [0, 0.1) is 0 Å². The second-order valence-electron chi connectivity index (χ2n) is 7.34. The van der Waals surface area contributed by atoms with Crippen molar-refractivity contribution in [1.82, 2.24) is 10.2 Å². The van der Waals surface area contributed by atoms with Gasteiger partial charge in [-0.25, -0.2) is 0 Å². The van der Waals surface area contributed by atoms with Gasteiger partial charge in [0.15, 0.2) is 0 Å². The normalized spacial score (nSPS) is 19.2. The smallest absolute Gasteiger partial charge is 0.255 e. The summed E-state index contributed by atoms with van der Waals surface area (Å²) in [6.07, 6.45) is 5.41. The van der Waals surface area contributed by atoms with Crippen LogP contribution in [0.5, 0.6) is 0 Å². The minimum Gasteiger partial charge on any atom is -0.322 e. The van der Waals surface area contributed by atoms with Gasteiger partial charge in [0, 0.05) is 31.4 Å². The lowest BCUT2D eigenvalue weighted by Crippen LogP contribution is -2.52. The average Bonchev–Trinajstić information content (AvgIpc) is 2.97. The Morgan fingerprint density at radius 1 is 1.19 bits per heavy atom. The fraction of sp³-hybridized carbons (Fsp3) is 0.524. The molecule has 6 nitrogen and oxygen atoms in total. The van der Waals surface area contributed by atoms with Crippen LogP contribution in [0.15, 0.2) is 18.2 Å². The van der Waals surface area contributed by atoms with Crippen LogP contribution in [-0.4, -0.2) is 34.4 Å². The highest BCUT2D eigenvalue weighted by Crippen LogP contribution is 2.30. The van der Waals surface area contributed by atoms with Gasteiger partial charge in [0.1, 0.15) is 11.8 Å². The van der Waals surface area contributed by atoms with Gasteiger partial charge in [0.05, 0.1) is 0 Å². The number of unbranched alkanes of at least 4 members (excludes halogenated alkanes) is 2. The van der Waals surface area contributed by atoms with Crippen molar-refractivity contribution in [2.24, 2.45) is 0 Å². The number of aryl methyl sites for hydroxylation is 1. The fourth-order valence-corrected chi connectivity index (χ4v) is 3.86. The van der Waals surface area contributed by atoms with E-state index < -0.39 is 11.9 Å². The van der Waals surface area contributed by atoms with E-state index in [0.717, 1.165) is 30.4 Å². The maximum atomic E-state index is 12.8. The zero-order chi connectivity index (χ0) is 19.4. The quantitative estimate of drug-likeness (QED) is 0.563. The van der Waals surface area contributed by atoms with Gasteiger partial charge in [-0.15, -0.1) is 0 Å². The molecule has 144 valence electrons. The van der Waals surface area contributed by atoms with Crippen molar-refractivity contribution in [2.45, 2.75) is 70.9 Å². The minimum atomic E-state index is -0.605. The van der Waals surface area contributed by atoms with E-state index in [1.54, 1.807) is 11.0 Å². The van der Waals surface area contributed by atoms with Gasteiger partial charge in [-0.2, -0.15) is 0 Å². The molecule has 6 heteroatoms. The second kappa shape index (κ2) is 8.46. The summed E-state index contributed by atoms with van der Waals surface area (Å²) in [5, 5.41) is 2.32. The lowest BCUT2D eigenvalue weighted by Gasteiger charge is -2.29. The van der Waals surface area contributed by atoms with E-state index in [1.807, 2.05) is 12.1 Å². The third-order valence-corrected chi connectivity index (χ3v) is 5.41. The predicted molar refractivity (Wildman–Crippen MR) is 100.0 cm³/mol. The molecule has 1 aromatic carbocycles. The van der Waals surface area contributed by atoms with Gasteiger partial charge < -0.3 is 4.90 Å². The van der Waals surface area contributed by atoms with Crippen molar-refractivity contribution in [3.8, 4) is 0 Å².